The van der Waals surface area contributed by atoms with Gasteiger partial charge in [0.1, 0.15) is 30.5 Å². The molecule has 0 aromatic heterocycles. The van der Waals surface area contributed by atoms with Crippen molar-refractivity contribution >= 4 is 44.9 Å². The highest BCUT2D eigenvalue weighted by atomic mass is 79.9. The van der Waals surface area contributed by atoms with Gasteiger partial charge in [-0.3, -0.25) is 4.79 Å². The van der Waals surface area contributed by atoms with Crippen LogP contribution in [0.1, 0.15) is 63.7 Å². The minimum Gasteiger partial charge on any atom is -0.394 e. The molecular formula is C36H37BrCl2O6. The second-order valence-corrected chi connectivity index (χ2v) is 12.7. The Morgan fingerprint density at radius 1 is 0.756 bits per heavy atom. The number of aryl methyl sites for hydroxylation is 2. The van der Waals surface area contributed by atoms with E-state index >= 15 is 0 Å². The summed E-state index contributed by atoms with van der Waals surface area (Å²) < 4.78 is 6.49. The zero-order valence-corrected chi connectivity index (χ0v) is 28.1. The number of ether oxygens (including phenoxy) is 1. The maximum Gasteiger partial charge on any atom is 0.194 e. The van der Waals surface area contributed by atoms with Crippen LogP contribution in [-0.2, 0) is 24.0 Å². The number of carbonyl (C=O) groups excluding carboxylic acids is 1. The summed E-state index contributed by atoms with van der Waals surface area (Å²) in [5.41, 5.74) is 6.28. The smallest absolute Gasteiger partial charge is 0.194 e. The van der Waals surface area contributed by atoms with E-state index in [4.69, 9.17) is 27.9 Å². The summed E-state index contributed by atoms with van der Waals surface area (Å²) in [6.07, 6.45) is -3.31. The third-order valence-corrected chi connectivity index (χ3v) is 9.11. The Kier molecular flexibility index (Phi) is 12.8. The van der Waals surface area contributed by atoms with Gasteiger partial charge in [-0.25, -0.2) is 0 Å². The molecule has 4 aromatic rings. The van der Waals surface area contributed by atoms with Gasteiger partial charge < -0.3 is 25.2 Å². The monoisotopic (exact) mass is 714 g/mol. The molecule has 1 aliphatic rings. The van der Waals surface area contributed by atoms with E-state index in [9.17, 15) is 25.2 Å². The van der Waals surface area contributed by atoms with Gasteiger partial charge in [-0.05, 0) is 71.3 Å². The van der Waals surface area contributed by atoms with Crippen LogP contribution < -0.4 is 0 Å². The molecule has 1 aliphatic heterocycles. The highest BCUT2D eigenvalue weighted by Crippen LogP contribution is 2.34. The molecule has 0 aliphatic carbocycles. The van der Waals surface area contributed by atoms with Gasteiger partial charge in [-0.2, -0.15) is 0 Å². The van der Waals surface area contributed by atoms with Crippen molar-refractivity contribution in [1.82, 2.24) is 0 Å². The molecular weight excluding hydrogens is 679 g/mol. The highest BCUT2D eigenvalue weighted by Gasteiger charge is 2.44. The third kappa shape index (κ3) is 8.82. The lowest BCUT2D eigenvalue weighted by molar-refractivity contribution is -0.231. The number of rotatable bonds is 8. The van der Waals surface area contributed by atoms with Crippen LogP contribution in [0.4, 0.5) is 0 Å². The number of benzene rings is 4. The molecule has 9 heteroatoms. The standard InChI is InChI=1S/C21H25ClO5.C15H12BrClO/c1-2-12-3-5-13(6-4-12)9-15-10-14(7-8-16(15)22)21-20(26)19(25)18(24)17(11-23)27-21;1-2-10-3-5-11(6-4-10)15(18)13-9-12(16)7-8-14(13)17/h3-8,10,17-21,23-26H,2,9,11H2,1H3;3-9H,2H2,1H3/t17-,18-,19+,20-,21+;/m1./s1. The van der Waals surface area contributed by atoms with E-state index in [-0.39, 0.29) is 5.78 Å². The van der Waals surface area contributed by atoms with Crippen molar-refractivity contribution in [2.24, 2.45) is 0 Å². The minimum absolute atomic E-state index is 0.0519. The average molecular weight is 716 g/mol. The van der Waals surface area contributed by atoms with E-state index in [0.717, 1.165) is 28.4 Å². The lowest BCUT2D eigenvalue weighted by Gasteiger charge is -2.40. The van der Waals surface area contributed by atoms with Gasteiger partial charge in [0.2, 0.25) is 0 Å². The van der Waals surface area contributed by atoms with Crippen molar-refractivity contribution in [3.05, 3.63) is 138 Å². The van der Waals surface area contributed by atoms with Crippen LogP contribution in [0.25, 0.3) is 0 Å². The Balaban J connectivity index is 0.000000222. The SMILES string of the molecule is CCc1ccc(C(=O)c2cc(Br)ccc2Cl)cc1.CCc1ccc(Cc2cc([C@@H]3O[C@H](CO)[C@@H](O)[C@H](O)[C@H]3O)ccc2Cl)cc1. The summed E-state index contributed by atoms with van der Waals surface area (Å²) in [6.45, 7) is 3.74. The molecule has 0 amide bonds. The van der Waals surface area contributed by atoms with E-state index in [2.05, 4.69) is 54.0 Å². The second kappa shape index (κ2) is 16.3. The Bertz CT molecular complexity index is 1580. The summed E-state index contributed by atoms with van der Waals surface area (Å²) in [5.74, 6) is -0.0519. The Hall–Kier alpha value is -2.59. The van der Waals surface area contributed by atoms with Crippen LogP contribution in [-0.4, -0.2) is 57.2 Å². The molecule has 0 bridgehead atoms. The van der Waals surface area contributed by atoms with Gasteiger partial charge in [-0.1, -0.05) is 114 Å². The lowest BCUT2D eigenvalue weighted by Crippen LogP contribution is -2.55. The minimum atomic E-state index is -1.40. The maximum atomic E-state index is 12.3. The number of hydrogen-bond donors (Lipinski definition) is 4. The predicted octanol–water partition coefficient (Wildman–Crippen LogP) is 6.90. The average Bonchev–Trinajstić information content (AvgIpc) is 3.06. The number of aliphatic hydroxyl groups is 4. The molecule has 238 valence electrons. The van der Waals surface area contributed by atoms with E-state index in [0.29, 0.717) is 33.2 Å². The van der Waals surface area contributed by atoms with Crippen LogP contribution in [0.5, 0.6) is 0 Å². The van der Waals surface area contributed by atoms with Crippen LogP contribution in [0.3, 0.4) is 0 Å². The van der Waals surface area contributed by atoms with E-state index < -0.39 is 37.1 Å². The molecule has 1 heterocycles. The third-order valence-electron chi connectivity index (χ3n) is 7.91. The van der Waals surface area contributed by atoms with Crippen molar-refractivity contribution in [2.45, 2.75) is 63.6 Å². The van der Waals surface area contributed by atoms with Gasteiger partial charge in [0, 0.05) is 20.6 Å². The summed E-state index contributed by atoms with van der Waals surface area (Å²) >= 11 is 15.8. The fourth-order valence-electron chi connectivity index (χ4n) is 5.12. The summed E-state index contributed by atoms with van der Waals surface area (Å²) in [5, 5.41) is 40.7. The van der Waals surface area contributed by atoms with Crippen LogP contribution >= 0.6 is 39.1 Å². The summed E-state index contributed by atoms with van der Waals surface area (Å²) in [6, 6.07) is 26.5. The van der Waals surface area contributed by atoms with E-state index in [1.807, 2.05) is 36.4 Å². The molecule has 6 nitrogen and oxygen atoms in total. The van der Waals surface area contributed by atoms with Gasteiger partial charge in [-0.15, -0.1) is 0 Å². The molecule has 0 spiro atoms. The number of ketones is 1. The molecule has 1 saturated heterocycles. The van der Waals surface area contributed by atoms with E-state index in [1.165, 1.54) is 11.1 Å². The fourth-order valence-corrected chi connectivity index (χ4v) is 5.86. The van der Waals surface area contributed by atoms with Crippen LogP contribution in [0.2, 0.25) is 10.0 Å². The predicted molar refractivity (Wildman–Crippen MR) is 181 cm³/mol. The molecule has 5 atom stereocenters. The first-order valence-corrected chi connectivity index (χ1v) is 16.4. The zero-order chi connectivity index (χ0) is 32.7. The largest absolute Gasteiger partial charge is 0.394 e. The first kappa shape index (κ1) is 35.3. The molecule has 0 radical (unpaired) electrons. The molecule has 0 saturated carbocycles. The molecule has 4 N–H and O–H groups in total. The van der Waals surface area contributed by atoms with E-state index in [1.54, 1.807) is 24.3 Å². The van der Waals surface area contributed by atoms with Crippen molar-refractivity contribution in [3.8, 4) is 0 Å². The summed E-state index contributed by atoms with van der Waals surface area (Å²) in [7, 11) is 0. The Morgan fingerprint density at radius 2 is 1.33 bits per heavy atom. The molecule has 0 unspecified atom stereocenters. The van der Waals surface area contributed by atoms with Crippen LogP contribution in [0.15, 0.2) is 89.4 Å². The van der Waals surface area contributed by atoms with Crippen molar-refractivity contribution < 1.29 is 30.0 Å². The maximum absolute atomic E-state index is 12.3. The number of carbonyl (C=O) groups is 1. The Labute approximate surface area is 282 Å². The second-order valence-electron chi connectivity index (χ2n) is 11.0. The quantitative estimate of drug-likeness (QED) is 0.148. The van der Waals surface area contributed by atoms with Gasteiger partial charge >= 0.3 is 0 Å². The number of hydrogen-bond acceptors (Lipinski definition) is 6. The first-order valence-electron chi connectivity index (χ1n) is 14.8. The van der Waals surface area contributed by atoms with Crippen molar-refractivity contribution in [1.29, 1.82) is 0 Å². The normalized spacial score (nSPS) is 21.1. The molecule has 5 rings (SSSR count). The van der Waals surface area contributed by atoms with Crippen molar-refractivity contribution in [3.63, 3.8) is 0 Å². The van der Waals surface area contributed by atoms with Gasteiger partial charge in [0.25, 0.3) is 0 Å². The number of halogens is 3. The first-order chi connectivity index (χ1) is 21.6. The molecule has 45 heavy (non-hydrogen) atoms. The fraction of sp³-hybridized carbons (Fsp3) is 0.306. The molecule has 4 aromatic carbocycles. The topological polar surface area (TPSA) is 107 Å². The Morgan fingerprint density at radius 3 is 1.93 bits per heavy atom. The zero-order valence-electron chi connectivity index (χ0n) is 25.0. The van der Waals surface area contributed by atoms with Crippen molar-refractivity contribution in [2.75, 3.05) is 6.61 Å². The van der Waals surface area contributed by atoms with Crippen LogP contribution in [0, 0.1) is 0 Å². The lowest BCUT2D eigenvalue weighted by atomic mass is 9.90. The highest BCUT2D eigenvalue weighted by molar-refractivity contribution is 9.10. The summed E-state index contributed by atoms with van der Waals surface area (Å²) in [4.78, 5) is 12.3. The van der Waals surface area contributed by atoms with Gasteiger partial charge in [0.15, 0.2) is 5.78 Å². The van der Waals surface area contributed by atoms with Gasteiger partial charge in [0.05, 0.1) is 11.6 Å². The molecule has 1 fully saturated rings. The number of aliphatic hydroxyl groups excluding tert-OH is 4.